The lowest BCUT2D eigenvalue weighted by Gasteiger charge is -2.40. The molecule has 0 radical (unpaired) electrons. The van der Waals surface area contributed by atoms with Gasteiger partial charge in [-0.1, -0.05) is 29.8 Å². The van der Waals surface area contributed by atoms with E-state index in [2.05, 4.69) is 16.0 Å². The molecule has 10 nitrogen and oxygen atoms in total. The fraction of sp³-hybridized carbons (Fsp3) is 0.576. The van der Waals surface area contributed by atoms with Crippen molar-refractivity contribution in [3.63, 3.8) is 0 Å². The number of carbonyl (C=O) groups excluding carboxylic acids is 2. The summed E-state index contributed by atoms with van der Waals surface area (Å²) >= 11 is 6.20. The number of hydrogen-bond donors (Lipinski definition) is 3. The number of hydrogen-bond acceptors (Lipinski definition) is 7. The molecule has 3 N–H and O–H groups in total. The van der Waals surface area contributed by atoms with Crippen molar-refractivity contribution in [1.82, 2.24) is 14.9 Å². The van der Waals surface area contributed by atoms with Crippen LogP contribution in [-0.4, -0.2) is 81.0 Å². The Morgan fingerprint density at radius 1 is 1.20 bits per heavy atom. The van der Waals surface area contributed by atoms with E-state index in [1.165, 1.54) is 19.2 Å². The average Bonchev–Trinajstić information content (AvgIpc) is 3.13. The topological polar surface area (TPSA) is 126 Å². The second kappa shape index (κ2) is 14.6. The van der Waals surface area contributed by atoms with Gasteiger partial charge in [-0.3, -0.25) is 4.79 Å². The van der Waals surface area contributed by atoms with Gasteiger partial charge in [0.15, 0.2) is 0 Å². The van der Waals surface area contributed by atoms with Gasteiger partial charge in [-0.2, -0.15) is 4.31 Å². The Labute approximate surface area is 275 Å². The molecule has 0 spiro atoms. The lowest BCUT2D eigenvalue weighted by atomic mass is 9.75. The third-order valence-electron chi connectivity index (χ3n) is 9.53. The number of anilines is 1. The summed E-state index contributed by atoms with van der Waals surface area (Å²) in [5, 5.41) is 9.61. The zero-order chi connectivity index (χ0) is 33.1. The number of carbonyl (C=O) groups is 2. The summed E-state index contributed by atoms with van der Waals surface area (Å²) in [5.74, 6) is -1.59. The summed E-state index contributed by atoms with van der Waals surface area (Å²) in [6.07, 6.45) is 2.70. The van der Waals surface area contributed by atoms with E-state index in [1.54, 1.807) is 22.5 Å². The molecule has 2 aromatic carbocycles. The molecule has 3 heterocycles. The van der Waals surface area contributed by atoms with E-state index in [0.717, 1.165) is 24.8 Å². The van der Waals surface area contributed by atoms with Crippen LogP contribution in [0.3, 0.4) is 0 Å². The molecule has 0 aromatic heterocycles. The van der Waals surface area contributed by atoms with Crippen molar-refractivity contribution in [1.29, 1.82) is 0 Å². The standard InChI is InChI=1S/C33H44ClFN4O6S/c1-33(2)16-15-22(20-45-33)29(21-9-11-23(34)12-10-21)30(38-32(41)44-3)31(40)37-28-8-4-7-27(35)26(28)14-13-25-18-36-24-6-5-17-46(42,43)39(25)19-24/h4,7-12,22,24-25,29-30,36H,5-6,13-20H2,1-3H3,(H,37,40)(H,38,41). The Balaban J connectivity index is 1.41. The molecule has 3 saturated heterocycles. The molecule has 6 atom stereocenters. The third-order valence-corrected chi connectivity index (χ3v) is 11.8. The van der Waals surface area contributed by atoms with Gasteiger partial charge in [0.25, 0.3) is 0 Å². The number of benzene rings is 2. The molecular weight excluding hydrogens is 635 g/mol. The van der Waals surface area contributed by atoms with Crippen LogP contribution in [0.4, 0.5) is 14.9 Å². The van der Waals surface area contributed by atoms with Gasteiger partial charge in [-0.25, -0.2) is 17.6 Å². The van der Waals surface area contributed by atoms with Crippen molar-refractivity contribution in [3.8, 4) is 0 Å². The molecule has 2 aromatic rings. The average molecular weight is 679 g/mol. The van der Waals surface area contributed by atoms with E-state index in [4.69, 9.17) is 21.1 Å². The molecule has 3 fully saturated rings. The van der Waals surface area contributed by atoms with Crippen LogP contribution < -0.4 is 16.0 Å². The van der Waals surface area contributed by atoms with E-state index >= 15 is 4.39 Å². The van der Waals surface area contributed by atoms with Crippen LogP contribution in [-0.2, 0) is 30.7 Å². The van der Waals surface area contributed by atoms with Crippen LogP contribution in [0.5, 0.6) is 0 Å². The van der Waals surface area contributed by atoms with E-state index < -0.39 is 39.8 Å². The van der Waals surface area contributed by atoms with Gasteiger partial charge in [0.2, 0.25) is 15.9 Å². The molecule has 0 aliphatic carbocycles. The molecule has 46 heavy (non-hydrogen) atoms. The van der Waals surface area contributed by atoms with E-state index in [9.17, 15) is 18.0 Å². The van der Waals surface area contributed by atoms with Gasteiger partial charge in [-0.05, 0) is 88.1 Å². The van der Waals surface area contributed by atoms with Crippen molar-refractivity contribution >= 4 is 39.3 Å². The summed E-state index contributed by atoms with van der Waals surface area (Å²) in [5.41, 5.74) is 1.01. The number of rotatable bonds is 9. The van der Waals surface area contributed by atoms with Crippen LogP contribution in [0.25, 0.3) is 0 Å². The maximum atomic E-state index is 15.4. The second-order valence-electron chi connectivity index (χ2n) is 13.1. The van der Waals surface area contributed by atoms with Gasteiger partial charge in [0.1, 0.15) is 11.9 Å². The highest BCUT2D eigenvalue weighted by Gasteiger charge is 2.41. The van der Waals surface area contributed by atoms with Crippen molar-refractivity contribution < 1.29 is 31.9 Å². The Bertz CT molecular complexity index is 1500. The highest BCUT2D eigenvalue weighted by Crippen LogP contribution is 2.39. The number of amides is 2. The number of nitrogens with one attached hydrogen (secondary N) is 3. The first kappa shape index (κ1) is 34.6. The summed E-state index contributed by atoms with van der Waals surface area (Å²) < 4.78 is 54.0. The number of methoxy groups -OCH3 is 1. The first-order valence-electron chi connectivity index (χ1n) is 15.9. The molecule has 6 unspecified atom stereocenters. The quantitative estimate of drug-likeness (QED) is 0.347. The number of piperazine rings is 1. The van der Waals surface area contributed by atoms with Gasteiger partial charge >= 0.3 is 6.09 Å². The van der Waals surface area contributed by atoms with Crippen molar-refractivity contribution in [3.05, 3.63) is 64.4 Å². The number of fused-ring (bicyclic) bond motifs is 2. The SMILES string of the molecule is COC(=O)NC(C(=O)Nc1cccc(F)c1CCC1CNC2CCCS(=O)(=O)N1C2)C(c1ccc(Cl)cc1)C1CCC(C)(C)OC1. The second-order valence-corrected chi connectivity index (χ2v) is 15.6. The fourth-order valence-corrected chi connectivity index (χ4v) is 8.86. The maximum absolute atomic E-state index is 15.4. The zero-order valence-electron chi connectivity index (χ0n) is 26.6. The van der Waals surface area contributed by atoms with E-state index in [1.807, 2.05) is 26.0 Å². The molecule has 252 valence electrons. The van der Waals surface area contributed by atoms with Gasteiger partial charge in [0, 0.05) is 47.4 Å². The number of ether oxygens (including phenoxy) is 2. The predicted molar refractivity (Wildman–Crippen MR) is 175 cm³/mol. The minimum atomic E-state index is -3.41. The number of halogens is 2. The van der Waals surface area contributed by atoms with Gasteiger partial charge in [0.05, 0.1) is 25.1 Å². The van der Waals surface area contributed by atoms with E-state index in [-0.39, 0.29) is 47.0 Å². The Morgan fingerprint density at radius 2 is 1.96 bits per heavy atom. The van der Waals surface area contributed by atoms with Crippen LogP contribution in [0, 0.1) is 11.7 Å². The van der Waals surface area contributed by atoms with Gasteiger partial charge < -0.3 is 25.4 Å². The van der Waals surface area contributed by atoms with E-state index in [0.29, 0.717) is 37.6 Å². The normalized spacial score (nSPS) is 26.6. The molecule has 2 amide bonds. The lowest BCUT2D eigenvalue weighted by Crippen LogP contribution is -2.57. The zero-order valence-corrected chi connectivity index (χ0v) is 28.1. The van der Waals surface area contributed by atoms with Gasteiger partial charge in [-0.15, -0.1) is 0 Å². The van der Waals surface area contributed by atoms with Crippen molar-refractivity contribution in [2.75, 3.05) is 37.9 Å². The molecule has 13 heteroatoms. The summed E-state index contributed by atoms with van der Waals surface area (Å²) in [6, 6.07) is 10.3. The molecule has 5 rings (SSSR count). The highest BCUT2D eigenvalue weighted by atomic mass is 35.5. The Hall–Kier alpha value is -2.77. The molecule has 3 aliphatic heterocycles. The van der Waals surface area contributed by atoms with Crippen LogP contribution in [0.2, 0.25) is 5.02 Å². The highest BCUT2D eigenvalue weighted by molar-refractivity contribution is 7.89. The minimum absolute atomic E-state index is 0.107. The molecule has 0 saturated carbocycles. The maximum Gasteiger partial charge on any atom is 0.407 e. The Morgan fingerprint density at radius 3 is 2.65 bits per heavy atom. The molecule has 3 aliphatic rings. The van der Waals surface area contributed by atoms with Crippen LogP contribution in [0.1, 0.15) is 63.0 Å². The smallest absolute Gasteiger partial charge is 0.407 e. The summed E-state index contributed by atoms with van der Waals surface area (Å²) in [4.78, 5) is 26.8. The first-order chi connectivity index (χ1) is 21.9. The summed E-state index contributed by atoms with van der Waals surface area (Å²) in [7, 11) is -2.18. The number of nitrogens with zero attached hydrogens (tertiary/aromatic N) is 1. The van der Waals surface area contributed by atoms with Crippen LogP contribution >= 0.6 is 11.6 Å². The number of sulfonamides is 1. The van der Waals surface area contributed by atoms with Crippen molar-refractivity contribution in [2.45, 2.75) is 82.0 Å². The Kier molecular flexibility index (Phi) is 10.9. The molecular formula is C33H44ClFN4O6S. The fourth-order valence-electron chi connectivity index (χ4n) is 6.93. The minimum Gasteiger partial charge on any atom is -0.453 e. The lowest BCUT2D eigenvalue weighted by molar-refractivity contribution is -0.120. The summed E-state index contributed by atoms with van der Waals surface area (Å²) in [6.45, 7) is 5.30. The predicted octanol–water partition coefficient (Wildman–Crippen LogP) is 4.83. The number of alkyl carbamates (subject to hydrolysis) is 1. The monoisotopic (exact) mass is 678 g/mol. The first-order valence-corrected chi connectivity index (χ1v) is 17.9. The van der Waals surface area contributed by atoms with Crippen LogP contribution in [0.15, 0.2) is 42.5 Å². The third kappa shape index (κ3) is 8.20. The largest absolute Gasteiger partial charge is 0.453 e. The van der Waals surface area contributed by atoms with Crippen molar-refractivity contribution in [2.24, 2.45) is 5.92 Å². The molecule has 2 bridgehead atoms.